The van der Waals surface area contributed by atoms with Crippen molar-refractivity contribution in [3.05, 3.63) is 82.5 Å². The topological polar surface area (TPSA) is 46.3 Å². The van der Waals surface area contributed by atoms with Crippen molar-refractivity contribution in [2.45, 2.75) is 13.0 Å². The number of hydrogen-bond acceptors (Lipinski definition) is 4. The highest BCUT2D eigenvalue weighted by Crippen LogP contribution is 2.22. The highest BCUT2D eigenvalue weighted by molar-refractivity contribution is 5.75. The molecular formula is C20H18N2O2. The molecule has 1 aliphatic heterocycles. The molecule has 0 spiro atoms. The molecule has 24 heavy (non-hydrogen) atoms. The van der Waals surface area contributed by atoms with E-state index in [0.717, 1.165) is 19.5 Å². The molecule has 120 valence electrons. The van der Waals surface area contributed by atoms with Crippen molar-refractivity contribution in [2.24, 2.45) is 0 Å². The van der Waals surface area contributed by atoms with Gasteiger partial charge in [0, 0.05) is 13.1 Å². The summed E-state index contributed by atoms with van der Waals surface area (Å²) in [5.74, 6) is 0.482. The Bertz CT molecular complexity index is 945. The van der Waals surface area contributed by atoms with Crippen molar-refractivity contribution in [3.8, 4) is 0 Å². The number of aromatic nitrogens is 1. The number of nitrogens with zero attached hydrogens (tertiary/aromatic N) is 2. The Morgan fingerprint density at radius 3 is 2.62 bits per heavy atom. The summed E-state index contributed by atoms with van der Waals surface area (Å²) in [5, 5.41) is 0.533. The second-order valence-corrected chi connectivity index (χ2v) is 5.99. The van der Waals surface area contributed by atoms with E-state index in [1.807, 2.05) is 24.3 Å². The lowest BCUT2D eigenvalue weighted by Gasteiger charge is -2.25. The van der Waals surface area contributed by atoms with Crippen LogP contribution in [-0.4, -0.2) is 23.0 Å². The fourth-order valence-corrected chi connectivity index (χ4v) is 3.08. The summed E-state index contributed by atoms with van der Waals surface area (Å²) in [6.07, 6.45) is 3.24. The second kappa shape index (κ2) is 6.42. The average molecular weight is 318 g/mol. The van der Waals surface area contributed by atoms with Gasteiger partial charge in [-0.15, -0.1) is 0 Å². The first-order chi connectivity index (χ1) is 11.8. The van der Waals surface area contributed by atoms with Crippen LogP contribution in [0.3, 0.4) is 0 Å². The van der Waals surface area contributed by atoms with Crippen LogP contribution < -0.4 is 5.56 Å². The Balaban J connectivity index is 1.51. The number of rotatable bonds is 3. The summed E-state index contributed by atoms with van der Waals surface area (Å²) in [4.78, 5) is 18.4. The fraction of sp³-hybridized carbons (Fsp3) is 0.200. The molecule has 0 radical (unpaired) electrons. The maximum absolute atomic E-state index is 12.1. The standard InChI is InChI=1S/C20H18N2O2/c23-20-17-8-4-5-9-18(17)24-19(21-20)14-22-12-10-16(11-13-22)15-6-2-1-3-7-15/h1-10H,11-14H2. The first-order valence-electron chi connectivity index (χ1n) is 8.15. The van der Waals surface area contributed by atoms with Crippen LogP contribution in [0.5, 0.6) is 0 Å². The van der Waals surface area contributed by atoms with Crippen LogP contribution in [0.25, 0.3) is 16.5 Å². The van der Waals surface area contributed by atoms with E-state index in [4.69, 9.17) is 4.42 Å². The molecular weight excluding hydrogens is 300 g/mol. The minimum Gasteiger partial charge on any atom is -0.441 e. The third-order valence-corrected chi connectivity index (χ3v) is 4.37. The van der Waals surface area contributed by atoms with Crippen LogP contribution in [0, 0.1) is 0 Å². The third-order valence-electron chi connectivity index (χ3n) is 4.37. The quantitative estimate of drug-likeness (QED) is 0.742. The smallest absolute Gasteiger partial charge is 0.283 e. The zero-order chi connectivity index (χ0) is 16.4. The molecule has 0 saturated carbocycles. The first kappa shape index (κ1) is 14.8. The highest BCUT2D eigenvalue weighted by Gasteiger charge is 2.15. The van der Waals surface area contributed by atoms with Crippen molar-refractivity contribution in [1.82, 2.24) is 9.88 Å². The Morgan fingerprint density at radius 1 is 1.04 bits per heavy atom. The van der Waals surface area contributed by atoms with Crippen molar-refractivity contribution in [1.29, 1.82) is 0 Å². The van der Waals surface area contributed by atoms with Crippen molar-refractivity contribution in [3.63, 3.8) is 0 Å². The zero-order valence-electron chi connectivity index (χ0n) is 13.3. The van der Waals surface area contributed by atoms with Gasteiger partial charge >= 0.3 is 0 Å². The van der Waals surface area contributed by atoms with Gasteiger partial charge in [0.2, 0.25) is 5.89 Å². The minimum atomic E-state index is -0.218. The summed E-state index contributed by atoms with van der Waals surface area (Å²) in [6, 6.07) is 17.7. The Kier molecular flexibility index (Phi) is 3.97. The van der Waals surface area contributed by atoms with Gasteiger partial charge in [0.1, 0.15) is 5.58 Å². The van der Waals surface area contributed by atoms with Gasteiger partial charge in [-0.2, -0.15) is 4.98 Å². The number of para-hydroxylation sites is 1. The molecule has 4 nitrogen and oxygen atoms in total. The number of hydrogen-bond donors (Lipinski definition) is 0. The van der Waals surface area contributed by atoms with E-state index < -0.39 is 0 Å². The summed E-state index contributed by atoms with van der Waals surface area (Å²) in [5.41, 5.74) is 3.04. The van der Waals surface area contributed by atoms with Crippen molar-refractivity contribution >= 4 is 16.5 Å². The lowest BCUT2D eigenvalue weighted by Crippen LogP contribution is -2.29. The predicted molar refractivity (Wildman–Crippen MR) is 94.6 cm³/mol. The van der Waals surface area contributed by atoms with Gasteiger partial charge in [-0.25, -0.2) is 0 Å². The summed E-state index contributed by atoms with van der Waals surface area (Å²) < 4.78 is 5.78. The van der Waals surface area contributed by atoms with Crippen LogP contribution in [-0.2, 0) is 6.54 Å². The lowest BCUT2D eigenvalue weighted by atomic mass is 10.00. The fourth-order valence-electron chi connectivity index (χ4n) is 3.08. The molecule has 0 bridgehead atoms. The van der Waals surface area contributed by atoms with E-state index in [2.05, 4.69) is 40.2 Å². The molecule has 4 rings (SSSR count). The molecule has 2 aromatic carbocycles. The first-order valence-corrected chi connectivity index (χ1v) is 8.15. The largest absolute Gasteiger partial charge is 0.441 e. The lowest BCUT2D eigenvalue weighted by molar-refractivity contribution is 0.261. The summed E-state index contributed by atoms with van der Waals surface area (Å²) in [7, 11) is 0. The van der Waals surface area contributed by atoms with Crippen LogP contribution in [0.2, 0.25) is 0 Å². The maximum atomic E-state index is 12.1. The molecule has 2 heterocycles. The van der Waals surface area contributed by atoms with E-state index in [1.165, 1.54) is 11.1 Å². The molecule has 4 heteroatoms. The molecule has 0 fully saturated rings. The predicted octanol–water partition coefficient (Wildman–Crippen LogP) is 3.48. The highest BCUT2D eigenvalue weighted by atomic mass is 16.3. The van der Waals surface area contributed by atoms with E-state index in [-0.39, 0.29) is 5.56 Å². The molecule has 0 amide bonds. The van der Waals surface area contributed by atoms with Crippen LogP contribution >= 0.6 is 0 Å². The Morgan fingerprint density at radius 2 is 1.83 bits per heavy atom. The SMILES string of the molecule is O=c1nc(CN2CC=C(c3ccccc3)CC2)oc2ccccc12. The Labute approximate surface area is 140 Å². The van der Waals surface area contributed by atoms with Crippen LogP contribution in [0.1, 0.15) is 17.9 Å². The molecule has 0 unspecified atom stereocenters. The maximum Gasteiger partial charge on any atom is 0.283 e. The number of fused-ring (bicyclic) bond motifs is 1. The zero-order valence-corrected chi connectivity index (χ0v) is 13.3. The molecule has 1 aliphatic rings. The van der Waals surface area contributed by atoms with Crippen LogP contribution in [0.15, 0.2) is 69.9 Å². The monoisotopic (exact) mass is 318 g/mol. The third kappa shape index (κ3) is 3.01. The molecule has 0 saturated heterocycles. The van der Waals surface area contributed by atoms with Gasteiger partial charge in [0.15, 0.2) is 0 Å². The van der Waals surface area contributed by atoms with E-state index >= 15 is 0 Å². The van der Waals surface area contributed by atoms with Crippen molar-refractivity contribution < 1.29 is 4.42 Å². The molecule has 1 aromatic heterocycles. The summed E-state index contributed by atoms with van der Waals surface area (Å²) >= 11 is 0. The summed E-state index contributed by atoms with van der Waals surface area (Å²) in [6.45, 7) is 2.32. The molecule has 0 atom stereocenters. The molecule has 3 aromatic rings. The molecule has 0 aliphatic carbocycles. The Hall–Kier alpha value is -2.72. The van der Waals surface area contributed by atoms with E-state index in [0.29, 0.717) is 23.4 Å². The number of benzene rings is 2. The van der Waals surface area contributed by atoms with Gasteiger partial charge in [-0.05, 0) is 29.7 Å². The second-order valence-electron chi connectivity index (χ2n) is 5.99. The van der Waals surface area contributed by atoms with Gasteiger partial charge in [-0.1, -0.05) is 48.5 Å². The van der Waals surface area contributed by atoms with Gasteiger partial charge < -0.3 is 4.42 Å². The van der Waals surface area contributed by atoms with E-state index in [1.54, 1.807) is 6.07 Å². The normalized spacial score (nSPS) is 15.4. The van der Waals surface area contributed by atoms with E-state index in [9.17, 15) is 4.79 Å². The van der Waals surface area contributed by atoms with Gasteiger partial charge in [-0.3, -0.25) is 9.69 Å². The average Bonchev–Trinajstić information content (AvgIpc) is 2.63. The van der Waals surface area contributed by atoms with Crippen LogP contribution in [0.4, 0.5) is 0 Å². The van der Waals surface area contributed by atoms with Gasteiger partial charge in [0.05, 0.1) is 11.9 Å². The van der Waals surface area contributed by atoms with Gasteiger partial charge in [0.25, 0.3) is 5.56 Å². The molecule has 0 N–H and O–H groups in total. The minimum absolute atomic E-state index is 0.218. The van der Waals surface area contributed by atoms with Crippen molar-refractivity contribution in [2.75, 3.05) is 13.1 Å².